The lowest BCUT2D eigenvalue weighted by Crippen LogP contribution is -2.45. The van der Waals surface area contributed by atoms with E-state index >= 15 is 0 Å². The van der Waals surface area contributed by atoms with Crippen LogP contribution in [0.4, 0.5) is 0 Å². The van der Waals surface area contributed by atoms with Crippen molar-refractivity contribution in [2.45, 2.75) is 45.8 Å². The molecule has 4 heteroatoms. The van der Waals surface area contributed by atoms with Crippen LogP contribution in [0.2, 0.25) is 5.02 Å². The number of ether oxygens (including phenoxy) is 2. The van der Waals surface area contributed by atoms with Gasteiger partial charge in [0.2, 0.25) is 0 Å². The maximum absolute atomic E-state index is 6.12. The zero-order valence-electron chi connectivity index (χ0n) is 13.3. The largest absolute Gasteiger partial charge is 0.492 e. The van der Waals surface area contributed by atoms with E-state index in [9.17, 15) is 0 Å². The van der Waals surface area contributed by atoms with E-state index in [2.05, 4.69) is 18.7 Å². The molecule has 1 aromatic rings. The molecule has 1 heterocycles. The Labute approximate surface area is 133 Å². The molecule has 1 saturated heterocycles. The van der Waals surface area contributed by atoms with Crippen molar-refractivity contribution in [3.8, 4) is 5.75 Å². The maximum Gasteiger partial charge on any atom is 0.138 e. The number of morpholine rings is 1. The molecule has 2 rings (SSSR count). The quantitative estimate of drug-likeness (QED) is 0.743. The molecule has 118 valence electrons. The lowest BCUT2D eigenvalue weighted by molar-refractivity contribution is -0.0682. The number of hydrogen-bond donors (Lipinski definition) is 0. The highest BCUT2D eigenvalue weighted by molar-refractivity contribution is 6.32. The van der Waals surface area contributed by atoms with E-state index in [4.69, 9.17) is 21.1 Å². The average molecular weight is 312 g/mol. The summed E-state index contributed by atoms with van der Waals surface area (Å²) in [4.78, 5) is 2.48. The third kappa shape index (κ3) is 5.50. The monoisotopic (exact) mass is 311 g/mol. The molecule has 2 atom stereocenters. The lowest BCUT2D eigenvalue weighted by atomic mass is 10.2. The Kier molecular flexibility index (Phi) is 6.34. The Bertz CT molecular complexity index is 442. The van der Waals surface area contributed by atoms with Gasteiger partial charge in [-0.25, -0.2) is 0 Å². The molecule has 1 fully saturated rings. The number of aryl methyl sites for hydroxylation is 1. The second kappa shape index (κ2) is 8.02. The minimum Gasteiger partial charge on any atom is -0.492 e. The lowest BCUT2D eigenvalue weighted by Gasteiger charge is -2.35. The Morgan fingerprint density at radius 2 is 1.95 bits per heavy atom. The van der Waals surface area contributed by atoms with Crippen LogP contribution in [0.25, 0.3) is 0 Å². The van der Waals surface area contributed by atoms with Crippen molar-refractivity contribution in [2.75, 3.05) is 26.2 Å². The second-order valence-electron chi connectivity index (χ2n) is 6.01. The van der Waals surface area contributed by atoms with Crippen molar-refractivity contribution in [1.29, 1.82) is 0 Å². The van der Waals surface area contributed by atoms with Crippen molar-refractivity contribution >= 4 is 11.6 Å². The molecule has 3 nitrogen and oxygen atoms in total. The fraction of sp³-hybridized carbons (Fsp3) is 0.647. The Balaban J connectivity index is 1.65. The van der Waals surface area contributed by atoms with Gasteiger partial charge >= 0.3 is 0 Å². The van der Waals surface area contributed by atoms with Crippen LogP contribution in [0.5, 0.6) is 5.75 Å². The van der Waals surface area contributed by atoms with Gasteiger partial charge in [0.25, 0.3) is 0 Å². The molecule has 0 aromatic heterocycles. The van der Waals surface area contributed by atoms with Gasteiger partial charge in [0.05, 0.1) is 23.8 Å². The van der Waals surface area contributed by atoms with Gasteiger partial charge < -0.3 is 9.47 Å². The molecule has 0 bridgehead atoms. The molecule has 0 amide bonds. The highest BCUT2D eigenvalue weighted by Crippen LogP contribution is 2.25. The molecule has 0 saturated carbocycles. The van der Waals surface area contributed by atoms with E-state index < -0.39 is 0 Å². The summed E-state index contributed by atoms with van der Waals surface area (Å²) in [5, 5.41) is 0.691. The molecule has 1 aromatic carbocycles. The molecule has 0 spiro atoms. The normalized spacial score (nSPS) is 23.2. The zero-order chi connectivity index (χ0) is 15.2. The van der Waals surface area contributed by atoms with E-state index in [0.29, 0.717) is 17.2 Å². The van der Waals surface area contributed by atoms with E-state index in [-0.39, 0.29) is 0 Å². The average Bonchev–Trinajstić information content (AvgIpc) is 2.41. The van der Waals surface area contributed by atoms with Crippen LogP contribution in [0, 0.1) is 6.92 Å². The molecule has 0 unspecified atom stereocenters. The van der Waals surface area contributed by atoms with E-state index in [1.54, 1.807) is 0 Å². The number of rotatable bonds is 6. The van der Waals surface area contributed by atoms with Crippen molar-refractivity contribution in [3.05, 3.63) is 28.8 Å². The van der Waals surface area contributed by atoms with Gasteiger partial charge in [-0.2, -0.15) is 0 Å². The first-order valence-electron chi connectivity index (χ1n) is 7.81. The topological polar surface area (TPSA) is 21.7 Å². The van der Waals surface area contributed by atoms with Gasteiger partial charge in [-0.1, -0.05) is 17.7 Å². The van der Waals surface area contributed by atoms with Crippen LogP contribution in [0.15, 0.2) is 18.2 Å². The summed E-state index contributed by atoms with van der Waals surface area (Å²) in [7, 11) is 0. The van der Waals surface area contributed by atoms with Crippen molar-refractivity contribution in [1.82, 2.24) is 4.90 Å². The van der Waals surface area contributed by atoms with E-state index in [1.165, 1.54) is 5.56 Å². The van der Waals surface area contributed by atoms with Crippen molar-refractivity contribution in [3.63, 3.8) is 0 Å². The fourth-order valence-corrected chi connectivity index (χ4v) is 2.98. The highest BCUT2D eigenvalue weighted by atomic mass is 35.5. The van der Waals surface area contributed by atoms with Gasteiger partial charge in [0.1, 0.15) is 5.75 Å². The van der Waals surface area contributed by atoms with Gasteiger partial charge in [0.15, 0.2) is 0 Å². The smallest absolute Gasteiger partial charge is 0.138 e. The summed E-state index contributed by atoms with van der Waals surface area (Å²) < 4.78 is 11.5. The first-order chi connectivity index (χ1) is 10.0. The summed E-state index contributed by atoms with van der Waals surface area (Å²) in [6.07, 6.45) is 2.87. The predicted octanol–water partition coefficient (Wildman–Crippen LogP) is 3.92. The van der Waals surface area contributed by atoms with Crippen molar-refractivity contribution < 1.29 is 9.47 Å². The first-order valence-corrected chi connectivity index (χ1v) is 8.19. The van der Waals surface area contributed by atoms with Gasteiger partial charge in [-0.05, 0) is 57.9 Å². The Morgan fingerprint density at radius 1 is 1.24 bits per heavy atom. The van der Waals surface area contributed by atoms with Crippen LogP contribution >= 0.6 is 11.6 Å². The standard InChI is InChI=1S/C17H26ClNO2/c1-13-6-7-16(18)17(10-13)20-9-5-4-8-19-11-14(2)21-15(3)12-19/h6-7,10,14-15H,4-5,8-9,11-12H2,1-3H3/t14-,15-/m0/s1. The number of hydrogen-bond acceptors (Lipinski definition) is 3. The highest BCUT2D eigenvalue weighted by Gasteiger charge is 2.21. The predicted molar refractivity (Wildman–Crippen MR) is 87.4 cm³/mol. The summed E-state index contributed by atoms with van der Waals surface area (Å²) in [6, 6.07) is 5.88. The summed E-state index contributed by atoms with van der Waals surface area (Å²) in [6.45, 7) is 10.2. The number of nitrogens with zero attached hydrogens (tertiary/aromatic N) is 1. The molecule has 0 radical (unpaired) electrons. The first kappa shape index (κ1) is 16.6. The number of unbranched alkanes of at least 4 members (excludes halogenated alkanes) is 1. The third-order valence-corrected chi connectivity index (χ3v) is 4.02. The van der Waals surface area contributed by atoms with Crippen LogP contribution in [0.1, 0.15) is 32.3 Å². The number of benzene rings is 1. The molecule has 21 heavy (non-hydrogen) atoms. The molecular formula is C17H26ClNO2. The maximum atomic E-state index is 6.12. The van der Waals surface area contributed by atoms with E-state index in [1.807, 2.05) is 25.1 Å². The minimum atomic E-state index is 0.344. The van der Waals surface area contributed by atoms with Gasteiger partial charge in [-0.3, -0.25) is 4.90 Å². The zero-order valence-corrected chi connectivity index (χ0v) is 14.0. The Hall–Kier alpha value is -0.770. The summed E-state index contributed by atoms with van der Waals surface area (Å²) in [5.74, 6) is 0.797. The SMILES string of the molecule is Cc1ccc(Cl)c(OCCCCN2C[C@H](C)O[C@@H](C)C2)c1. The van der Waals surface area contributed by atoms with Crippen molar-refractivity contribution in [2.24, 2.45) is 0 Å². The van der Waals surface area contributed by atoms with Crippen LogP contribution < -0.4 is 4.74 Å². The molecular weight excluding hydrogens is 286 g/mol. The van der Waals surface area contributed by atoms with Crippen LogP contribution in [-0.4, -0.2) is 43.3 Å². The minimum absolute atomic E-state index is 0.344. The Morgan fingerprint density at radius 3 is 2.67 bits per heavy atom. The van der Waals surface area contributed by atoms with Crippen LogP contribution in [0.3, 0.4) is 0 Å². The summed E-state index contributed by atoms with van der Waals surface area (Å²) >= 11 is 6.12. The molecule has 1 aliphatic heterocycles. The van der Waals surface area contributed by atoms with E-state index in [0.717, 1.165) is 44.8 Å². The fourth-order valence-electron chi connectivity index (χ4n) is 2.81. The third-order valence-electron chi connectivity index (χ3n) is 3.71. The summed E-state index contributed by atoms with van der Waals surface area (Å²) in [5.41, 5.74) is 1.17. The van der Waals surface area contributed by atoms with Gasteiger partial charge in [0, 0.05) is 13.1 Å². The molecule has 1 aliphatic rings. The number of halogens is 1. The van der Waals surface area contributed by atoms with Crippen LogP contribution in [-0.2, 0) is 4.74 Å². The molecule has 0 N–H and O–H groups in total. The second-order valence-corrected chi connectivity index (χ2v) is 6.41. The van der Waals surface area contributed by atoms with Gasteiger partial charge in [-0.15, -0.1) is 0 Å². The molecule has 0 aliphatic carbocycles.